The van der Waals surface area contributed by atoms with Crippen LogP contribution in [0.5, 0.6) is 0 Å². The zero-order valence-electron chi connectivity index (χ0n) is 13.9. The van der Waals surface area contributed by atoms with Gasteiger partial charge in [0.05, 0.1) is 17.7 Å². The van der Waals surface area contributed by atoms with Crippen LogP contribution in [-0.2, 0) is 13.3 Å². The summed E-state index contributed by atoms with van der Waals surface area (Å²) in [7, 11) is 0. The largest absolute Gasteiger partial charge is 1.00 e. The van der Waals surface area contributed by atoms with Crippen molar-refractivity contribution in [1.29, 1.82) is 0 Å². The van der Waals surface area contributed by atoms with Gasteiger partial charge in [-0.25, -0.2) is 0 Å². The topological polar surface area (TPSA) is 98.7 Å². The SMILES string of the molecule is CCC(N=Nc1cc[n+](CO)cc1)=NN=c1ccn(CCO)cc1.[Cl-]. The van der Waals surface area contributed by atoms with Crippen LogP contribution >= 0.6 is 0 Å². The van der Waals surface area contributed by atoms with Crippen molar-refractivity contribution in [3.63, 3.8) is 0 Å². The molecule has 0 unspecified atom stereocenters. The van der Waals surface area contributed by atoms with E-state index in [1.165, 1.54) is 0 Å². The number of nitrogens with zero attached hydrogens (tertiary/aromatic N) is 6. The molecule has 2 N–H and O–H groups in total. The number of amidine groups is 1. The number of hydrogen-bond donors (Lipinski definition) is 2. The van der Waals surface area contributed by atoms with Crippen LogP contribution in [0, 0.1) is 0 Å². The number of rotatable bonds is 6. The van der Waals surface area contributed by atoms with Gasteiger partial charge in [0, 0.05) is 37.5 Å². The summed E-state index contributed by atoms with van der Waals surface area (Å²) in [6.07, 6.45) is 7.70. The highest BCUT2D eigenvalue weighted by molar-refractivity contribution is 5.82. The van der Waals surface area contributed by atoms with Crippen molar-refractivity contribution >= 4 is 11.5 Å². The molecule has 0 radical (unpaired) electrons. The zero-order chi connectivity index (χ0) is 17.2. The minimum absolute atomic E-state index is 0. The second-order valence-electron chi connectivity index (χ2n) is 4.90. The third kappa shape index (κ3) is 6.92. The van der Waals surface area contributed by atoms with Crippen molar-refractivity contribution in [2.24, 2.45) is 20.4 Å². The molecular weight excluding hydrogens is 344 g/mol. The predicted octanol–water partition coefficient (Wildman–Crippen LogP) is -1.87. The lowest BCUT2D eigenvalue weighted by molar-refractivity contribution is -0.729. The van der Waals surface area contributed by atoms with E-state index in [-0.39, 0.29) is 25.7 Å². The van der Waals surface area contributed by atoms with Gasteiger partial charge in [-0.1, -0.05) is 6.92 Å². The van der Waals surface area contributed by atoms with Crippen molar-refractivity contribution in [2.45, 2.75) is 26.6 Å². The first-order chi connectivity index (χ1) is 11.7. The summed E-state index contributed by atoms with van der Waals surface area (Å²) in [5.74, 6) is 0.515. The maximum atomic E-state index is 8.97. The van der Waals surface area contributed by atoms with Gasteiger partial charge in [-0.2, -0.15) is 4.57 Å². The molecule has 2 heterocycles. The standard InChI is InChI=1S/C16H21N6O2.ClH/c1-2-16(20-18-15-5-9-22(13-24)10-6-15)19-17-14-3-7-21(8-4-14)11-12-23;/h3-10,23-24H,2,11-13H2,1H3;1H/q+1;/p-1. The van der Waals surface area contributed by atoms with E-state index in [0.29, 0.717) is 29.8 Å². The molecule has 0 saturated heterocycles. The molecule has 0 aliphatic heterocycles. The molecular formula is C16H21ClN6O2. The molecule has 25 heavy (non-hydrogen) atoms. The third-order valence-corrected chi connectivity index (χ3v) is 3.15. The van der Waals surface area contributed by atoms with E-state index in [4.69, 9.17) is 10.2 Å². The molecule has 0 spiro atoms. The molecule has 2 aromatic rings. The number of hydrogen-bond acceptors (Lipinski definition) is 5. The van der Waals surface area contributed by atoms with Crippen molar-refractivity contribution in [3.8, 4) is 0 Å². The maximum Gasteiger partial charge on any atom is 0.250 e. The summed E-state index contributed by atoms with van der Waals surface area (Å²) in [4.78, 5) is 0. The Bertz CT molecular complexity index is 750. The molecule has 0 amide bonds. The van der Waals surface area contributed by atoms with Crippen molar-refractivity contribution < 1.29 is 27.2 Å². The van der Waals surface area contributed by atoms with E-state index in [2.05, 4.69) is 20.4 Å². The normalized spacial score (nSPS) is 11.4. The summed E-state index contributed by atoms with van der Waals surface area (Å²) >= 11 is 0. The molecule has 0 aliphatic carbocycles. The molecule has 0 aromatic carbocycles. The molecule has 0 atom stereocenters. The highest BCUT2D eigenvalue weighted by Gasteiger charge is 1.98. The fourth-order valence-corrected chi connectivity index (χ4v) is 1.78. The highest BCUT2D eigenvalue weighted by Crippen LogP contribution is 2.09. The summed E-state index contributed by atoms with van der Waals surface area (Å²) < 4.78 is 3.47. The zero-order valence-corrected chi connectivity index (χ0v) is 14.7. The van der Waals surface area contributed by atoms with Crippen LogP contribution in [-0.4, -0.2) is 27.2 Å². The van der Waals surface area contributed by atoms with Crippen LogP contribution in [0.25, 0.3) is 0 Å². The number of aliphatic hydroxyl groups is 2. The van der Waals surface area contributed by atoms with Crippen molar-refractivity contribution in [1.82, 2.24) is 4.57 Å². The Morgan fingerprint density at radius 3 is 2.36 bits per heavy atom. The van der Waals surface area contributed by atoms with Crippen LogP contribution < -0.4 is 22.3 Å². The Labute approximate surface area is 151 Å². The minimum atomic E-state index is -0.0760. The molecule has 0 aliphatic rings. The average Bonchev–Trinajstić information content (AvgIpc) is 2.64. The highest BCUT2D eigenvalue weighted by atomic mass is 35.5. The van der Waals surface area contributed by atoms with Gasteiger partial charge in [0.1, 0.15) is 0 Å². The first kappa shape index (κ1) is 20.6. The van der Waals surface area contributed by atoms with E-state index < -0.39 is 0 Å². The number of aliphatic hydroxyl groups excluding tert-OH is 2. The third-order valence-electron chi connectivity index (χ3n) is 3.15. The van der Waals surface area contributed by atoms with Crippen LogP contribution in [0.1, 0.15) is 13.3 Å². The van der Waals surface area contributed by atoms with Gasteiger partial charge in [0.2, 0.25) is 6.73 Å². The van der Waals surface area contributed by atoms with Gasteiger partial charge in [-0.15, -0.1) is 20.4 Å². The lowest BCUT2D eigenvalue weighted by atomic mass is 10.4. The van der Waals surface area contributed by atoms with Crippen molar-refractivity contribution in [3.05, 3.63) is 54.4 Å². The molecule has 0 bridgehead atoms. The minimum Gasteiger partial charge on any atom is -1.00 e. The molecule has 9 heteroatoms. The van der Waals surface area contributed by atoms with Gasteiger partial charge in [0.25, 0.3) is 0 Å². The number of aromatic nitrogens is 2. The van der Waals surface area contributed by atoms with Gasteiger partial charge < -0.3 is 27.2 Å². The van der Waals surface area contributed by atoms with Gasteiger partial charge >= 0.3 is 0 Å². The number of azo groups is 1. The fourth-order valence-electron chi connectivity index (χ4n) is 1.78. The van der Waals surface area contributed by atoms with Crippen LogP contribution in [0.2, 0.25) is 0 Å². The smallest absolute Gasteiger partial charge is 0.250 e. The van der Waals surface area contributed by atoms with Gasteiger partial charge in [-0.05, 0) is 12.1 Å². The van der Waals surface area contributed by atoms with Gasteiger partial charge in [0.15, 0.2) is 18.2 Å². The number of pyridine rings is 2. The Morgan fingerprint density at radius 1 is 1.12 bits per heavy atom. The monoisotopic (exact) mass is 364 g/mol. The summed E-state index contributed by atoms with van der Waals surface area (Å²) in [5, 5.41) is 35.0. The molecule has 0 saturated carbocycles. The second kappa shape index (κ2) is 11.2. The predicted molar refractivity (Wildman–Crippen MR) is 88.2 cm³/mol. The Hall–Kier alpha value is -2.42. The van der Waals surface area contributed by atoms with E-state index in [9.17, 15) is 0 Å². The number of halogens is 1. The van der Waals surface area contributed by atoms with E-state index in [1.54, 1.807) is 29.1 Å². The Balaban J connectivity index is 0.00000312. The van der Waals surface area contributed by atoms with E-state index in [1.807, 2.05) is 36.0 Å². The summed E-state index contributed by atoms with van der Waals surface area (Å²) in [6.45, 7) is 2.49. The van der Waals surface area contributed by atoms with Crippen LogP contribution in [0.15, 0.2) is 69.5 Å². The van der Waals surface area contributed by atoms with E-state index >= 15 is 0 Å². The summed E-state index contributed by atoms with van der Waals surface area (Å²) in [6, 6.07) is 7.13. The lowest BCUT2D eigenvalue weighted by Crippen LogP contribution is -3.00. The van der Waals surface area contributed by atoms with Crippen LogP contribution in [0.3, 0.4) is 0 Å². The van der Waals surface area contributed by atoms with E-state index in [0.717, 1.165) is 0 Å². The molecule has 0 fully saturated rings. The van der Waals surface area contributed by atoms with Crippen LogP contribution in [0.4, 0.5) is 5.69 Å². The maximum absolute atomic E-state index is 8.97. The van der Waals surface area contributed by atoms with Crippen molar-refractivity contribution in [2.75, 3.05) is 6.61 Å². The first-order valence-corrected chi connectivity index (χ1v) is 7.64. The average molecular weight is 365 g/mol. The second-order valence-corrected chi connectivity index (χ2v) is 4.90. The quantitative estimate of drug-likeness (QED) is 0.206. The Kier molecular flexibility index (Phi) is 9.23. The first-order valence-electron chi connectivity index (χ1n) is 7.64. The molecule has 2 aromatic heterocycles. The molecule has 134 valence electrons. The molecule has 2 rings (SSSR count). The Morgan fingerprint density at radius 2 is 1.80 bits per heavy atom. The lowest BCUT2D eigenvalue weighted by Gasteiger charge is -2.01. The van der Waals surface area contributed by atoms with Gasteiger partial charge in [-0.3, -0.25) is 0 Å². The molecule has 8 nitrogen and oxygen atoms in total. The fraction of sp³-hybridized carbons (Fsp3) is 0.312. The summed E-state index contributed by atoms with van der Waals surface area (Å²) in [5.41, 5.74) is 0.672.